The molecule has 6 heteroatoms. The molecule has 118 valence electrons. The van der Waals surface area contributed by atoms with Crippen LogP contribution in [0.25, 0.3) is 0 Å². The van der Waals surface area contributed by atoms with E-state index in [0.29, 0.717) is 12.1 Å². The van der Waals surface area contributed by atoms with Gasteiger partial charge in [-0.3, -0.25) is 0 Å². The number of sulfonamides is 1. The summed E-state index contributed by atoms with van der Waals surface area (Å²) in [6.07, 6.45) is 2.96. The fourth-order valence-electron chi connectivity index (χ4n) is 2.57. The molecule has 0 saturated carbocycles. The Morgan fingerprint density at radius 3 is 2.71 bits per heavy atom. The predicted molar refractivity (Wildman–Crippen MR) is 87.0 cm³/mol. The first-order chi connectivity index (χ1) is 9.90. The van der Waals surface area contributed by atoms with Gasteiger partial charge in [0.15, 0.2) is 0 Å². The molecule has 2 N–H and O–H groups in total. The van der Waals surface area contributed by atoms with Gasteiger partial charge in [0.05, 0.1) is 11.5 Å². The number of rotatable bonds is 6. The molecular formula is C15H23NO3S2. The third-order valence-corrected chi connectivity index (χ3v) is 6.91. The molecule has 1 aromatic rings. The van der Waals surface area contributed by atoms with Crippen molar-refractivity contribution in [2.75, 3.05) is 12.3 Å². The monoisotopic (exact) mass is 329 g/mol. The van der Waals surface area contributed by atoms with Crippen molar-refractivity contribution in [3.05, 3.63) is 29.3 Å². The third kappa shape index (κ3) is 4.00. The second kappa shape index (κ2) is 6.69. The van der Waals surface area contributed by atoms with Crippen LogP contribution < -0.4 is 4.72 Å². The maximum atomic E-state index is 12.4. The number of aliphatic hydroxyl groups is 1. The SMILES string of the molecule is CCc1ccc(S(=O)(=O)NCC2(C)CCCS2)cc1CO. The van der Waals surface area contributed by atoms with Crippen LogP contribution >= 0.6 is 11.8 Å². The third-order valence-electron chi connectivity index (χ3n) is 3.98. The molecule has 0 bridgehead atoms. The molecule has 0 spiro atoms. The molecule has 0 radical (unpaired) electrons. The van der Waals surface area contributed by atoms with Gasteiger partial charge >= 0.3 is 0 Å². The number of thioether (sulfide) groups is 1. The van der Waals surface area contributed by atoms with E-state index in [0.717, 1.165) is 30.6 Å². The summed E-state index contributed by atoms with van der Waals surface area (Å²) in [4.78, 5) is 0.232. The molecule has 1 aromatic carbocycles. The Morgan fingerprint density at radius 1 is 1.38 bits per heavy atom. The van der Waals surface area contributed by atoms with Gasteiger partial charge in [0.25, 0.3) is 0 Å². The molecule has 2 rings (SSSR count). The number of hydrogen-bond donors (Lipinski definition) is 2. The van der Waals surface area contributed by atoms with Crippen LogP contribution in [0, 0.1) is 0 Å². The number of nitrogens with one attached hydrogen (secondary N) is 1. The average Bonchev–Trinajstić information content (AvgIpc) is 2.92. The molecule has 1 aliphatic heterocycles. The summed E-state index contributed by atoms with van der Waals surface area (Å²) >= 11 is 1.83. The Kier molecular flexibility index (Phi) is 5.35. The smallest absolute Gasteiger partial charge is 0.240 e. The Hall–Kier alpha value is -0.560. The van der Waals surface area contributed by atoms with Gasteiger partial charge in [-0.05, 0) is 55.2 Å². The van der Waals surface area contributed by atoms with Gasteiger partial charge in [0.1, 0.15) is 0 Å². The van der Waals surface area contributed by atoms with Gasteiger partial charge in [0.2, 0.25) is 10.0 Å². The summed E-state index contributed by atoms with van der Waals surface area (Å²) in [5.41, 5.74) is 1.66. The number of hydrogen-bond acceptors (Lipinski definition) is 4. The molecule has 0 amide bonds. The molecule has 21 heavy (non-hydrogen) atoms. The highest BCUT2D eigenvalue weighted by Crippen LogP contribution is 2.37. The normalized spacial score (nSPS) is 22.6. The lowest BCUT2D eigenvalue weighted by Gasteiger charge is -2.23. The van der Waals surface area contributed by atoms with Gasteiger partial charge in [-0.2, -0.15) is 11.8 Å². The zero-order valence-electron chi connectivity index (χ0n) is 12.6. The maximum Gasteiger partial charge on any atom is 0.240 e. The first-order valence-electron chi connectivity index (χ1n) is 7.26. The highest BCUT2D eigenvalue weighted by atomic mass is 32.2. The van der Waals surface area contributed by atoms with E-state index in [1.54, 1.807) is 18.2 Å². The first-order valence-corrected chi connectivity index (χ1v) is 9.73. The van der Waals surface area contributed by atoms with E-state index in [1.807, 2.05) is 18.7 Å². The van der Waals surface area contributed by atoms with Crippen LogP contribution in [0.3, 0.4) is 0 Å². The summed E-state index contributed by atoms with van der Waals surface area (Å²) in [6, 6.07) is 4.97. The maximum absolute atomic E-state index is 12.4. The fourth-order valence-corrected chi connectivity index (χ4v) is 5.12. The van der Waals surface area contributed by atoms with Gasteiger partial charge in [-0.15, -0.1) is 0 Å². The zero-order valence-corrected chi connectivity index (χ0v) is 14.2. The van der Waals surface area contributed by atoms with Crippen LogP contribution in [0.15, 0.2) is 23.1 Å². The summed E-state index contributed by atoms with van der Waals surface area (Å²) < 4.78 is 27.5. The Bertz CT molecular complexity index is 593. The Labute approximate surface area is 131 Å². The summed E-state index contributed by atoms with van der Waals surface area (Å²) in [5.74, 6) is 1.10. The molecule has 4 nitrogen and oxygen atoms in total. The predicted octanol–water partition coefficient (Wildman–Crippen LogP) is 2.31. The lowest BCUT2D eigenvalue weighted by Crippen LogP contribution is -2.36. The van der Waals surface area contributed by atoms with E-state index in [4.69, 9.17) is 0 Å². The van der Waals surface area contributed by atoms with Gasteiger partial charge in [0, 0.05) is 11.3 Å². The van der Waals surface area contributed by atoms with Crippen molar-refractivity contribution in [2.24, 2.45) is 0 Å². The molecule has 1 unspecified atom stereocenters. The molecule has 0 aliphatic carbocycles. The van der Waals surface area contributed by atoms with E-state index in [2.05, 4.69) is 11.6 Å². The minimum Gasteiger partial charge on any atom is -0.392 e. The molecule has 1 atom stereocenters. The molecule has 1 saturated heterocycles. The van der Waals surface area contributed by atoms with Crippen LogP contribution in [0.4, 0.5) is 0 Å². The minimum absolute atomic E-state index is 0.00373. The van der Waals surface area contributed by atoms with Crippen LogP contribution in [0.2, 0.25) is 0 Å². The van der Waals surface area contributed by atoms with E-state index >= 15 is 0 Å². The van der Waals surface area contributed by atoms with Crippen molar-refractivity contribution < 1.29 is 13.5 Å². The standard InChI is InChI=1S/C15H23NO3S2/c1-3-12-5-6-14(9-13(12)10-17)21(18,19)16-11-15(2)7-4-8-20-15/h5-6,9,16-17H,3-4,7-8,10-11H2,1-2H3. The van der Waals surface area contributed by atoms with Crippen LogP contribution in [0.1, 0.15) is 37.8 Å². The quantitative estimate of drug-likeness (QED) is 0.840. The van der Waals surface area contributed by atoms with Crippen molar-refractivity contribution in [3.8, 4) is 0 Å². The molecule has 1 fully saturated rings. The summed E-state index contributed by atoms with van der Waals surface area (Å²) in [7, 11) is -3.52. The average molecular weight is 329 g/mol. The molecule has 1 heterocycles. The fraction of sp³-hybridized carbons (Fsp3) is 0.600. The Morgan fingerprint density at radius 2 is 2.14 bits per heavy atom. The van der Waals surface area contributed by atoms with Gasteiger partial charge in [-0.1, -0.05) is 13.0 Å². The molecule has 0 aromatic heterocycles. The van der Waals surface area contributed by atoms with Crippen molar-refractivity contribution in [1.29, 1.82) is 0 Å². The van der Waals surface area contributed by atoms with Gasteiger partial charge < -0.3 is 5.11 Å². The zero-order chi connectivity index (χ0) is 15.5. The van der Waals surface area contributed by atoms with E-state index in [1.165, 1.54) is 0 Å². The second-order valence-electron chi connectivity index (χ2n) is 5.67. The van der Waals surface area contributed by atoms with E-state index in [9.17, 15) is 13.5 Å². The molecule has 1 aliphatic rings. The largest absolute Gasteiger partial charge is 0.392 e. The Balaban J connectivity index is 2.15. The number of benzene rings is 1. The van der Waals surface area contributed by atoms with Crippen molar-refractivity contribution >= 4 is 21.8 Å². The van der Waals surface area contributed by atoms with Gasteiger partial charge in [-0.25, -0.2) is 13.1 Å². The molecular weight excluding hydrogens is 306 g/mol. The van der Waals surface area contributed by atoms with Crippen molar-refractivity contribution in [2.45, 2.75) is 49.4 Å². The van der Waals surface area contributed by atoms with Crippen LogP contribution in [0.5, 0.6) is 0 Å². The number of aliphatic hydroxyl groups excluding tert-OH is 1. The topological polar surface area (TPSA) is 66.4 Å². The van der Waals surface area contributed by atoms with Crippen molar-refractivity contribution in [3.63, 3.8) is 0 Å². The van der Waals surface area contributed by atoms with E-state index in [-0.39, 0.29) is 16.2 Å². The van der Waals surface area contributed by atoms with Crippen LogP contribution in [-0.4, -0.2) is 30.6 Å². The lowest BCUT2D eigenvalue weighted by molar-refractivity contribution is 0.280. The minimum atomic E-state index is -3.52. The number of aryl methyl sites for hydroxylation is 1. The summed E-state index contributed by atoms with van der Waals surface area (Å²) in [5, 5.41) is 9.36. The highest BCUT2D eigenvalue weighted by molar-refractivity contribution is 8.01. The van der Waals surface area contributed by atoms with Crippen LogP contribution in [-0.2, 0) is 23.1 Å². The first kappa shape index (κ1) is 16.8. The van der Waals surface area contributed by atoms with E-state index < -0.39 is 10.0 Å². The lowest BCUT2D eigenvalue weighted by atomic mass is 10.1. The second-order valence-corrected chi connectivity index (χ2v) is 9.12. The van der Waals surface area contributed by atoms with Crippen molar-refractivity contribution in [1.82, 2.24) is 4.72 Å². The summed E-state index contributed by atoms with van der Waals surface area (Å²) in [6.45, 7) is 4.40. The highest BCUT2D eigenvalue weighted by Gasteiger charge is 2.31.